The van der Waals surface area contributed by atoms with Crippen LogP contribution in [0.4, 0.5) is 0 Å². The minimum atomic E-state index is -3.51. The van der Waals surface area contributed by atoms with Crippen molar-refractivity contribution < 1.29 is 8.42 Å². The van der Waals surface area contributed by atoms with Gasteiger partial charge in [-0.25, -0.2) is 8.42 Å². The van der Waals surface area contributed by atoms with E-state index in [0.717, 1.165) is 6.42 Å². The SMILES string of the molecule is CC1(C)CCN(S(=O)(=O)c2ccc(C(N)=S)c(Cl)c2)C1. The van der Waals surface area contributed by atoms with Crippen molar-refractivity contribution in [2.75, 3.05) is 13.1 Å². The highest BCUT2D eigenvalue weighted by Crippen LogP contribution is 2.33. The fourth-order valence-corrected chi connectivity index (χ4v) is 4.51. The van der Waals surface area contributed by atoms with Gasteiger partial charge in [0, 0.05) is 18.7 Å². The molecule has 0 bridgehead atoms. The molecule has 20 heavy (non-hydrogen) atoms. The number of benzene rings is 1. The van der Waals surface area contributed by atoms with E-state index in [4.69, 9.17) is 29.6 Å². The number of sulfonamides is 1. The molecule has 1 saturated heterocycles. The molecule has 0 radical (unpaired) electrons. The van der Waals surface area contributed by atoms with Gasteiger partial charge in [0.25, 0.3) is 0 Å². The van der Waals surface area contributed by atoms with Crippen LogP contribution in [0.1, 0.15) is 25.8 Å². The van der Waals surface area contributed by atoms with Crippen LogP contribution in [-0.2, 0) is 10.0 Å². The molecular weight excluding hydrogens is 316 g/mol. The maximum Gasteiger partial charge on any atom is 0.243 e. The molecular formula is C13H17ClN2O2S2. The summed E-state index contributed by atoms with van der Waals surface area (Å²) in [7, 11) is -3.51. The number of hydrogen-bond acceptors (Lipinski definition) is 3. The predicted octanol–water partition coefficient (Wildman–Crippen LogP) is 2.39. The van der Waals surface area contributed by atoms with E-state index >= 15 is 0 Å². The number of thiocarbonyl (C=S) groups is 1. The maximum absolute atomic E-state index is 12.6. The van der Waals surface area contributed by atoms with Crippen LogP contribution >= 0.6 is 23.8 Å². The molecule has 7 heteroatoms. The standard InChI is InChI=1S/C13H17ClN2O2S2/c1-13(2)5-6-16(8-13)20(17,18)9-3-4-10(12(15)19)11(14)7-9/h3-4,7H,5-6,8H2,1-2H3,(H2,15,19). The van der Waals surface area contributed by atoms with Crippen molar-refractivity contribution in [2.24, 2.45) is 11.1 Å². The largest absolute Gasteiger partial charge is 0.389 e. The van der Waals surface area contributed by atoms with Gasteiger partial charge in [-0.3, -0.25) is 0 Å². The van der Waals surface area contributed by atoms with Gasteiger partial charge in [-0.2, -0.15) is 4.31 Å². The molecule has 1 aliphatic rings. The lowest BCUT2D eigenvalue weighted by atomic mass is 9.93. The summed E-state index contributed by atoms with van der Waals surface area (Å²) >= 11 is 10.9. The monoisotopic (exact) mass is 332 g/mol. The van der Waals surface area contributed by atoms with Crippen LogP contribution in [0, 0.1) is 5.41 Å². The van der Waals surface area contributed by atoms with Gasteiger partial charge in [0.1, 0.15) is 4.99 Å². The van der Waals surface area contributed by atoms with Crippen molar-refractivity contribution in [3.63, 3.8) is 0 Å². The quantitative estimate of drug-likeness (QED) is 0.863. The first-order valence-corrected chi connectivity index (χ1v) is 8.46. The van der Waals surface area contributed by atoms with Gasteiger partial charge in [0.05, 0.1) is 9.92 Å². The Bertz CT molecular complexity index is 656. The van der Waals surface area contributed by atoms with Crippen molar-refractivity contribution in [3.05, 3.63) is 28.8 Å². The molecule has 1 aromatic rings. The average molecular weight is 333 g/mol. The Kier molecular flexibility index (Phi) is 4.12. The molecule has 1 fully saturated rings. The average Bonchev–Trinajstić information content (AvgIpc) is 2.69. The molecule has 1 heterocycles. The van der Waals surface area contributed by atoms with E-state index in [2.05, 4.69) is 13.8 Å². The van der Waals surface area contributed by atoms with E-state index in [9.17, 15) is 8.42 Å². The minimum Gasteiger partial charge on any atom is -0.389 e. The maximum atomic E-state index is 12.6. The molecule has 1 aromatic carbocycles. The van der Waals surface area contributed by atoms with Crippen molar-refractivity contribution in [3.8, 4) is 0 Å². The molecule has 1 aliphatic heterocycles. The van der Waals surface area contributed by atoms with Gasteiger partial charge >= 0.3 is 0 Å². The summed E-state index contributed by atoms with van der Waals surface area (Å²) in [6.07, 6.45) is 0.852. The molecule has 0 amide bonds. The second kappa shape index (κ2) is 5.26. The number of nitrogens with two attached hydrogens (primary N) is 1. The summed E-state index contributed by atoms with van der Waals surface area (Å²) in [4.78, 5) is 0.335. The van der Waals surface area contributed by atoms with Crippen molar-refractivity contribution in [2.45, 2.75) is 25.2 Å². The highest BCUT2D eigenvalue weighted by molar-refractivity contribution is 7.89. The van der Waals surface area contributed by atoms with Crippen LogP contribution in [0.25, 0.3) is 0 Å². The van der Waals surface area contributed by atoms with Crippen LogP contribution in [-0.4, -0.2) is 30.8 Å². The van der Waals surface area contributed by atoms with Crippen LogP contribution in [0.3, 0.4) is 0 Å². The fourth-order valence-electron chi connectivity index (χ4n) is 2.27. The molecule has 110 valence electrons. The van der Waals surface area contributed by atoms with Gasteiger partial charge in [0.2, 0.25) is 10.0 Å². The first-order valence-electron chi connectivity index (χ1n) is 6.23. The Balaban J connectivity index is 2.36. The molecule has 4 nitrogen and oxygen atoms in total. The zero-order valence-corrected chi connectivity index (χ0v) is 13.8. The van der Waals surface area contributed by atoms with Crippen LogP contribution in [0.2, 0.25) is 5.02 Å². The zero-order valence-electron chi connectivity index (χ0n) is 11.4. The third-order valence-electron chi connectivity index (χ3n) is 3.49. The summed E-state index contributed by atoms with van der Waals surface area (Å²) in [5, 5.41) is 0.261. The van der Waals surface area contributed by atoms with E-state index in [-0.39, 0.29) is 20.3 Å². The predicted molar refractivity (Wildman–Crippen MR) is 84.5 cm³/mol. The lowest BCUT2D eigenvalue weighted by Crippen LogP contribution is -2.30. The fraction of sp³-hybridized carbons (Fsp3) is 0.462. The number of halogens is 1. The second-order valence-electron chi connectivity index (χ2n) is 5.76. The molecule has 0 saturated carbocycles. The van der Waals surface area contributed by atoms with Gasteiger partial charge in [0.15, 0.2) is 0 Å². The van der Waals surface area contributed by atoms with E-state index in [1.54, 1.807) is 6.07 Å². The Morgan fingerprint density at radius 2 is 2.10 bits per heavy atom. The van der Waals surface area contributed by atoms with Gasteiger partial charge in [-0.15, -0.1) is 0 Å². The zero-order chi connectivity index (χ0) is 15.1. The third-order valence-corrected chi connectivity index (χ3v) is 5.86. The summed E-state index contributed by atoms with van der Waals surface area (Å²) in [6.45, 7) is 5.17. The lowest BCUT2D eigenvalue weighted by molar-refractivity contribution is 0.375. The molecule has 0 spiro atoms. The highest BCUT2D eigenvalue weighted by Gasteiger charge is 2.36. The molecule has 2 rings (SSSR count). The van der Waals surface area contributed by atoms with Crippen molar-refractivity contribution in [1.82, 2.24) is 4.31 Å². The van der Waals surface area contributed by atoms with Gasteiger partial charge in [-0.1, -0.05) is 37.7 Å². The number of nitrogens with zero attached hydrogens (tertiary/aromatic N) is 1. The van der Waals surface area contributed by atoms with Crippen molar-refractivity contribution >= 4 is 38.8 Å². The molecule has 2 N–H and O–H groups in total. The van der Waals surface area contributed by atoms with E-state index in [1.165, 1.54) is 16.4 Å². The number of rotatable bonds is 3. The van der Waals surface area contributed by atoms with Crippen LogP contribution in [0.5, 0.6) is 0 Å². The Morgan fingerprint density at radius 3 is 2.55 bits per heavy atom. The van der Waals surface area contributed by atoms with Gasteiger partial charge in [-0.05, 0) is 30.0 Å². The van der Waals surface area contributed by atoms with Crippen LogP contribution < -0.4 is 5.73 Å². The highest BCUT2D eigenvalue weighted by atomic mass is 35.5. The molecule has 0 aliphatic carbocycles. The molecule has 0 aromatic heterocycles. The van der Waals surface area contributed by atoms with Gasteiger partial charge < -0.3 is 5.73 Å². The smallest absolute Gasteiger partial charge is 0.243 e. The normalized spacial score (nSPS) is 19.1. The molecule has 0 unspecified atom stereocenters. The Morgan fingerprint density at radius 1 is 1.45 bits per heavy atom. The second-order valence-corrected chi connectivity index (χ2v) is 8.54. The Labute approximate surface area is 130 Å². The molecule has 0 atom stereocenters. The Hall–Kier alpha value is -0.690. The first-order chi connectivity index (χ1) is 9.13. The van der Waals surface area contributed by atoms with E-state index in [1.807, 2.05) is 0 Å². The van der Waals surface area contributed by atoms with Crippen LogP contribution in [0.15, 0.2) is 23.1 Å². The summed E-state index contributed by atoms with van der Waals surface area (Å²) in [5.41, 5.74) is 6.02. The number of hydrogen-bond donors (Lipinski definition) is 1. The third kappa shape index (κ3) is 2.98. The summed E-state index contributed by atoms with van der Waals surface area (Å²) in [6, 6.07) is 4.47. The topological polar surface area (TPSA) is 63.4 Å². The first kappa shape index (κ1) is 15.7. The van der Waals surface area contributed by atoms with Crippen molar-refractivity contribution in [1.29, 1.82) is 0 Å². The van der Waals surface area contributed by atoms with E-state index in [0.29, 0.717) is 18.7 Å². The summed E-state index contributed by atoms with van der Waals surface area (Å²) in [5.74, 6) is 0. The summed E-state index contributed by atoms with van der Waals surface area (Å²) < 4.78 is 26.6. The lowest BCUT2D eigenvalue weighted by Gasteiger charge is -2.20. The van der Waals surface area contributed by atoms with E-state index < -0.39 is 10.0 Å². The minimum absolute atomic E-state index is 0.00955.